The third-order valence-electron chi connectivity index (χ3n) is 4.13. The summed E-state index contributed by atoms with van der Waals surface area (Å²) in [5.74, 6) is 0.637. The van der Waals surface area contributed by atoms with Crippen molar-refractivity contribution in [1.82, 2.24) is 20.0 Å². The molecule has 2 fully saturated rings. The van der Waals surface area contributed by atoms with Crippen LogP contribution in [0.2, 0.25) is 0 Å². The molecular weight excluding hydrogens is 270 g/mol. The molecule has 2 amide bonds. The van der Waals surface area contributed by atoms with Gasteiger partial charge in [0.25, 0.3) is 0 Å². The van der Waals surface area contributed by atoms with Crippen LogP contribution in [-0.4, -0.2) is 52.2 Å². The van der Waals surface area contributed by atoms with Gasteiger partial charge >= 0.3 is 0 Å². The van der Waals surface area contributed by atoms with Crippen molar-refractivity contribution < 1.29 is 9.59 Å². The van der Waals surface area contributed by atoms with Gasteiger partial charge in [-0.2, -0.15) is 5.10 Å². The molecule has 3 heterocycles. The zero-order valence-electron chi connectivity index (χ0n) is 12.2. The number of nitrogens with one attached hydrogen (secondary N) is 2. The highest BCUT2D eigenvalue weighted by Crippen LogP contribution is 2.21. The van der Waals surface area contributed by atoms with Gasteiger partial charge < -0.3 is 10.6 Å². The Bertz CT molecular complexity index is 541. The second kappa shape index (κ2) is 5.85. The van der Waals surface area contributed by atoms with Crippen molar-refractivity contribution in [3.8, 4) is 0 Å². The van der Waals surface area contributed by atoms with Gasteiger partial charge in [-0.3, -0.25) is 19.2 Å². The Morgan fingerprint density at radius 2 is 2.33 bits per heavy atom. The van der Waals surface area contributed by atoms with Crippen molar-refractivity contribution >= 4 is 17.6 Å². The average molecular weight is 291 g/mol. The Hall–Kier alpha value is -1.89. The Labute approximate surface area is 123 Å². The molecule has 1 aromatic heterocycles. The monoisotopic (exact) mass is 291 g/mol. The summed E-state index contributed by atoms with van der Waals surface area (Å²) in [6.07, 6.45) is 4.79. The first-order chi connectivity index (χ1) is 10.1. The topological polar surface area (TPSA) is 79.3 Å². The molecule has 114 valence electrons. The van der Waals surface area contributed by atoms with E-state index in [4.69, 9.17) is 0 Å². The molecule has 0 spiro atoms. The molecular formula is C14H21N5O2. The van der Waals surface area contributed by atoms with Crippen LogP contribution in [0.25, 0.3) is 0 Å². The van der Waals surface area contributed by atoms with Gasteiger partial charge in [0, 0.05) is 38.4 Å². The first kappa shape index (κ1) is 14.1. The molecule has 1 aromatic rings. The van der Waals surface area contributed by atoms with Crippen molar-refractivity contribution in [2.75, 3.05) is 25.0 Å². The summed E-state index contributed by atoms with van der Waals surface area (Å²) in [7, 11) is 1.81. The Balaban J connectivity index is 1.59. The maximum absolute atomic E-state index is 12.1. The number of amides is 2. The van der Waals surface area contributed by atoms with Crippen molar-refractivity contribution in [2.45, 2.75) is 25.3 Å². The van der Waals surface area contributed by atoms with Gasteiger partial charge in [0.05, 0.1) is 12.5 Å². The van der Waals surface area contributed by atoms with E-state index in [1.165, 1.54) is 0 Å². The first-order valence-electron chi connectivity index (χ1n) is 7.42. The molecule has 2 bridgehead atoms. The molecule has 2 N–H and O–H groups in total. The van der Waals surface area contributed by atoms with Crippen LogP contribution in [0.15, 0.2) is 12.3 Å². The molecule has 2 aliphatic rings. The lowest BCUT2D eigenvalue weighted by Crippen LogP contribution is -2.42. The predicted octanol–water partition coefficient (Wildman–Crippen LogP) is -0.0409. The predicted molar refractivity (Wildman–Crippen MR) is 77.5 cm³/mol. The number of carbonyl (C=O) groups is 2. The van der Waals surface area contributed by atoms with Crippen LogP contribution in [0.4, 0.5) is 5.82 Å². The fraction of sp³-hybridized carbons (Fsp3) is 0.643. The number of fused-ring (bicyclic) bond motifs is 3. The molecule has 0 aromatic carbocycles. The van der Waals surface area contributed by atoms with E-state index in [0.717, 1.165) is 25.8 Å². The molecule has 0 aliphatic carbocycles. The highest BCUT2D eigenvalue weighted by Gasteiger charge is 2.33. The number of anilines is 1. The lowest BCUT2D eigenvalue weighted by atomic mass is 9.99. The summed E-state index contributed by atoms with van der Waals surface area (Å²) in [5.41, 5.74) is 0. The minimum atomic E-state index is -0.0823. The summed E-state index contributed by atoms with van der Waals surface area (Å²) >= 11 is 0. The van der Waals surface area contributed by atoms with E-state index < -0.39 is 0 Å². The van der Waals surface area contributed by atoms with Crippen molar-refractivity contribution in [2.24, 2.45) is 13.0 Å². The maximum Gasteiger partial charge on any atom is 0.239 e. The molecule has 3 rings (SSSR count). The Kier molecular flexibility index (Phi) is 3.92. The smallest absolute Gasteiger partial charge is 0.239 e. The van der Waals surface area contributed by atoms with Gasteiger partial charge in [-0.15, -0.1) is 0 Å². The quantitative estimate of drug-likeness (QED) is 0.819. The van der Waals surface area contributed by atoms with Gasteiger partial charge in [-0.05, 0) is 12.8 Å². The summed E-state index contributed by atoms with van der Waals surface area (Å²) in [6, 6.07) is 1.94. The van der Waals surface area contributed by atoms with Crippen LogP contribution in [0.5, 0.6) is 0 Å². The fourth-order valence-corrected chi connectivity index (χ4v) is 3.14. The standard InChI is InChI=1S/C14H21N5O2/c1-18-6-5-12(17-18)16-13(20)9-19-7-10-3-2-4-11(8-19)15-14(10)21/h5-6,10-11H,2-4,7-9H2,1H3,(H,15,21)(H,16,17,20). The van der Waals surface area contributed by atoms with Gasteiger partial charge in [-0.1, -0.05) is 6.42 Å². The number of hydrogen-bond donors (Lipinski definition) is 2. The van der Waals surface area contributed by atoms with Gasteiger partial charge in [0.1, 0.15) is 0 Å². The number of rotatable bonds is 3. The molecule has 2 saturated heterocycles. The number of likely N-dealkylation sites (tertiary alicyclic amines) is 1. The molecule has 0 saturated carbocycles. The van der Waals surface area contributed by atoms with E-state index in [1.807, 2.05) is 7.05 Å². The van der Waals surface area contributed by atoms with Gasteiger partial charge in [0.2, 0.25) is 11.8 Å². The molecule has 7 nitrogen and oxygen atoms in total. The zero-order chi connectivity index (χ0) is 14.8. The van der Waals surface area contributed by atoms with Crippen LogP contribution in [0, 0.1) is 5.92 Å². The first-order valence-corrected chi connectivity index (χ1v) is 7.42. The Morgan fingerprint density at radius 3 is 3.10 bits per heavy atom. The second-order valence-corrected chi connectivity index (χ2v) is 5.95. The van der Waals surface area contributed by atoms with Crippen molar-refractivity contribution in [1.29, 1.82) is 0 Å². The highest BCUT2D eigenvalue weighted by atomic mass is 16.2. The lowest BCUT2D eigenvalue weighted by molar-refractivity contribution is -0.125. The number of hydrogen-bond acceptors (Lipinski definition) is 4. The number of carbonyl (C=O) groups excluding carboxylic acids is 2. The largest absolute Gasteiger partial charge is 0.352 e. The second-order valence-electron chi connectivity index (χ2n) is 5.95. The third kappa shape index (κ3) is 3.41. The molecule has 21 heavy (non-hydrogen) atoms. The van der Waals surface area contributed by atoms with Crippen LogP contribution < -0.4 is 10.6 Å². The third-order valence-corrected chi connectivity index (χ3v) is 4.13. The van der Waals surface area contributed by atoms with E-state index >= 15 is 0 Å². The van der Waals surface area contributed by atoms with Crippen LogP contribution in [-0.2, 0) is 16.6 Å². The SMILES string of the molecule is Cn1ccc(NC(=O)CN2CC3CCCC(C2)C(=O)N3)n1. The van der Waals surface area contributed by atoms with Crippen LogP contribution in [0.3, 0.4) is 0 Å². The molecule has 2 unspecified atom stereocenters. The number of aromatic nitrogens is 2. The minimum absolute atomic E-state index is 0.0140. The molecule has 2 atom stereocenters. The molecule has 2 aliphatic heterocycles. The normalized spacial score (nSPS) is 26.0. The van der Waals surface area contributed by atoms with E-state index in [-0.39, 0.29) is 23.8 Å². The minimum Gasteiger partial charge on any atom is -0.352 e. The van der Waals surface area contributed by atoms with Crippen LogP contribution in [0.1, 0.15) is 19.3 Å². The van der Waals surface area contributed by atoms with Gasteiger partial charge in [0.15, 0.2) is 5.82 Å². The maximum atomic E-state index is 12.1. The van der Waals surface area contributed by atoms with Crippen molar-refractivity contribution in [3.63, 3.8) is 0 Å². The average Bonchev–Trinajstić information content (AvgIpc) is 2.63. The summed E-state index contributed by atoms with van der Waals surface area (Å²) in [4.78, 5) is 26.1. The summed E-state index contributed by atoms with van der Waals surface area (Å²) in [6.45, 7) is 1.72. The van der Waals surface area contributed by atoms with E-state index in [2.05, 4.69) is 20.6 Å². The fourth-order valence-electron chi connectivity index (χ4n) is 3.14. The molecule has 0 radical (unpaired) electrons. The van der Waals surface area contributed by atoms with Crippen molar-refractivity contribution in [3.05, 3.63) is 12.3 Å². The van der Waals surface area contributed by atoms with Crippen LogP contribution >= 0.6 is 0 Å². The number of nitrogens with zero attached hydrogens (tertiary/aromatic N) is 3. The summed E-state index contributed by atoms with van der Waals surface area (Å²) < 4.78 is 1.65. The zero-order valence-corrected chi connectivity index (χ0v) is 12.2. The van der Waals surface area contributed by atoms with E-state index in [0.29, 0.717) is 18.9 Å². The van der Waals surface area contributed by atoms with Gasteiger partial charge in [-0.25, -0.2) is 0 Å². The van der Waals surface area contributed by atoms with E-state index in [9.17, 15) is 9.59 Å². The van der Waals surface area contributed by atoms with E-state index in [1.54, 1.807) is 16.9 Å². The highest BCUT2D eigenvalue weighted by molar-refractivity contribution is 5.91. The molecule has 7 heteroatoms. The lowest BCUT2D eigenvalue weighted by Gasteiger charge is -2.26. The summed E-state index contributed by atoms with van der Waals surface area (Å²) in [5, 5.41) is 9.99. The number of aryl methyl sites for hydroxylation is 1. The Morgan fingerprint density at radius 1 is 1.48 bits per heavy atom.